The summed E-state index contributed by atoms with van der Waals surface area (Å²) in [5, 5.41) is 7.06. The molecule has 2 aromatic heterocycles. The lowest BCUT2D eigenvalue weighted by atomic mass is 9.77. The van der Waals surface area contributed by atoms with Crippen LogP contribution in [0.1, 0.15) is 36.2 Å². The van der Waals surface area contributed by atoms with Gasteiger partial charge in [-0.1, -0.05) is 0 Å². The minimum atomic E-state index is -0.129. The molecule has 1 amide bonds. The fourth-order valence-corrected chi connectivity index (χ4v) is 5.33. The van der Waals surface area contributed by atoms with Gasteiger partial charge >= 0.3 is 0 Å². The van der Waals surface area contributed by atoms with Crippen molar-refractivity contribution < 1.29 is 4.79 Å². The maximum absolute atomic E-state index is 12.6. The first-order valence-corrected chi connectivity index (χ1v) is 10.7. The van der Waals surface area contributed by atoms with Crippen LogP contribution in [0.25, 0.3) is 10.6 Å². The summed E-state index contributed by atoms with van der Waals surface area (Å²) in [5.41, 5.74) is 3.16. The van der Waals surface area contributed by atoms with E-state index in [1.54, 1.807) is 7.05 Å². The van der Waals surface area contributed by atoms with Gasteiger partial charge in [0.1, 0.15) is 5.01 Å². The molecule has 4 heterocycles. The van der Waals surface area contributed by atoms with Crippen molar-refractivity contribution in [3.05, 3.63) is 32.7 Å². The third-order valence-electron chi connectivity index (χ3n) is 6.42. The summed E-state index contributed by atoms with van der Waals surface area (Å²) in [6.45, 7) is 7.33. The second kappa shape index (κ2) is 7.08. The average Bonchev–Trinajstić information content (AvgIpc) is 3.23. The maximum atomic E-state index is 12.6. The summed E-state index contributed by atoms with van der Waals surface area (Å²) in [7, 11) is 3.59. The number of likely N-dealkylation sites (tertiary alicyclic amines) is 2. The summed E-state index contributed by atoms with van der Waals surface area (Å²) >= 11 is 1.52. The van der Waals surface area contributed by atoms with Crippen molar-refractivity contribution in [2.75, 3.05) is 26.7 Å². The summed E-state index contributed by atoms with van der Waals surface area (Å²) in [4.78, 5) is 34.1. The topological polar surface area (TPSA) is 71.3 Å². The average molecular weight is 402 g/mol. The van der Waals surface area contributed by atoms with Crippen LogP contribution in [0.5, 0.6) is 0 Å². The number of rotatable bonds is 3. The molecule has 0 saturated carbocycles. The first-order valence-electron chi connectivity index (χ1n) is 9.78. The number of hydrogen-bond donors (Lipinski definition) is 0. The van der Waals surface area contributed by atoms with E-state index in [4.69, 9.17) is 4.98 Å². The third kappa shape index (κ3) is 3.18. The van der Waals surface area contributed by atoms with E-state index in [2.05, 4.69) is 10.00 Å². The number of hydrogen-bond acceptors (Lipinski definition) is 6. The molecule has 2 fully saturated rings. The maximum Gasteiger partial charge on any atom is 0.277 e. The molecule has 28 heavy (non-hydrogen) atoms. The second-order valence-corrected chi connectivity index (χ2v) is 9.05. The zero-order chi connectivity index (χ0) is 20.1. The van der Waals surface area contributed by atoms with Crippen LogP contribution < -0.4 is 5.56 Å². The van der Waals surface area contributed by atoms with Gasteiger partial charge in [0.25, 0.3) is 5.56 Å². The van der Waals surface area contributed by atoms with Crippen molar-refractivity contribution in [1.82, 2.24) is 24.6 Å². The van der Waals surface area contributed by atoms with Gasteiger partial charge in [-0.05, 0) is 51.8 Å². The Morgan fingerprint density at radius 3 is 2.43 bits per heavy atom. The van der Waals surface area contributed by atoms with Crippen LogP contribution in [0.4, 0.5) is 0 Å². The quantitative estimate of drug-likeness (QED) is 0.786. The Bertz CT molecular complexity index is 971. The van der Waals surface area contributed by atoms with Gasteiger partial charge < -0.3 is 4.90 Å². The summed E-state index contributed by atoms with van der Waals surface area (Å²) in [6.07, 6.45) is 2.84. The normalized spacial score (nSPS) is 19.7. The molecule has 150 valence electrons. The van der Waals surface area contributed by atoms with Crippen molar-refractivity contribution in [2.24, 2.45) is 12.5 Å². The Morgan fingerprint density at radius 1 is 1.11 bits per heavy atom. The van der Waals surface area contributed by atoms with Gasteiger partial charge in [-0.15, -0.1) is 11.3 Å². The van der Waals surface area contributed by atoms with E-state index in [9.17, 15) is 9.59 Å². The Balaban J connectivity index is 1.47. The van der Waals surface area contributed by atoms with E-state index in [1.165, 1.54) is 16.0 Å². The molecule has 7 nitrogen and oxygen atoms in total. The van der Waals surface area contributed by atoms with E-state index in [-0.39, 0.29) is 11.0 Å². The van der Waals surface area contributed by atoms with E-state index in [0.717, 1.165) is 67.4 Å². The number of aromatic nitrogens is 3. The van der Waals surface area contributed by atoms with Crippen molar-refractivity contribution in [3.63, 3.8) is 0 Å². The molecule has 0 aliphatic carbocycles. The zero-order valence-electron chi connectivity index (χ0n) is 17.0. The van der Waals surface area contributed by atoms with Gasteiger partial charge in [0.2, 0.25) is 5.91 Å². The molecule has 1 spiro atoms. The van der Waals surface area contributed by atoms with Crippen molar-refractivity contribution in [3.8, 4) is 10.6 Å². The van der Waals surface area contributed by atoms with Gasteiger partial charge in [-0.3, -0.25) is 14.5 Å². The molecule has 8 heteroatoms. The highest BCUT2D eigenvalue weighted by Crippen LogP contribution is 2.41. The predicted octanol–water partition coefficient (Wildman–Crippen LogP) is 1.96. The highest BCUT2D eigenvalue weighted by molar-refractivity contribution is 7.13. The molecule has 2 aliphatic rings. The lowest BCUT2D eigenvalue weighted by Crippen LogP contribution is -2.43. The smallest absolute Gasteiger partial charge is 0.277 e. The van der Waals surface area contributed by atoms with Crippen molar-refractivity contribution in [1.29, 1.82) is 0 Å². The molecule has 0 atom stereocenters. The minimum Gasteiger partial charge on any atom is -0.345 e. The van der Waals surface area contributed by atoms with Gasteiger partial charge in [-0.25, -0.2) is 9.67 Å². The Labute approximate surface area is 169 Å². The SMILES string of the molecule is Cc1nn(C)c(=O)c(-c2nc(CN3CCC4(CC3)CCN(C)C4=O)cs2)c1C. The summed E-state index contributed by atoms with van der Waals surface area (Å²) < 4.78 is 1.39. The first kappa shape index (κ1) is 19.3. The first-order chi connectivity index (χ1) is 13.3. The van der Waals surface area contributed by atoms with Gasteiger partial charge in [0.05, 0.1) is 22.4 Å². The molecule has 2 aliphatic heterocycles. The molecule has 0 radical (unpaired) electrons. The number of thiazole rings is 1. The summed E-state index contributed by atoms with van der Waals surface area (Å²) in [5.74, 6) is 0.322. The van der Waals surface area contributed by atoms with E-state index < -0.39 is 0 Å². The number of carbonyl (C=O) groups is 1. The second-order valence-electron chi connectivity index (χ2n) is 8.19. The molecular weight excluding hydrogens is 374 g/mol. The number of carbonyl (C=O) groups excluding carboxylic acids is 1. The zero-order valence-corrected chi connectivity index (χ0v) is 17.8. The highest BCUT2D eigenvalue weighted by Gasteiger charge is 2.46. The molecule has 0 aromatic carbocycles. The van der Waals surface area contributed by atoms with E-state index in [0.29, 0.717) is 11.5 Å². The molecular formula is C20H27N5O2S. The number of aryl methyl sites for hydroxylation is 2. The van der Waals surface area contributed by atoms with Crippen LogP contribution in [0.3, 0.4) is 0 Å². The molecule has 4 rings (SSSR count). The largest absolute Gasteiger partial charge is 0.345 e. The Hall–Kier alpha value is -2.06. The Morgan fingerprint density at radius 2 is 1.79 bits per heavy atom. The molecule has 2 saturated heterocycles. The van der Waals surface area contributed by atoms with Crippen molar-refractivity contribution >= 4 is 17.2 Å². The lowest BCUT2D eigenvalue weighted by molar-refractivity contribution is -0.137. The number of piperidine rings is 1. The van der Waals surface area contributed by atoms with Crippen LogP contribution in [0.15, 0.2) is 10.2 Å². The Kier molecular flexibility index (Phi) is 4.87. The van der Waals surface area contributed by atoms with Crippen LogP contribution in [0, 0.1) is 19.3 Å². The standard InChI is InChI=1S/C20H27N5O2S/c1-13-14(2)22-24(4)18(26)16(13)17-21-15(12-28-17)11-25-9-6-20(7-10-25)5-8-23(3)19(20)27/h12H,5-11H2,1-4H3. The molecule has 0 N–H and O–H groups in total. The third-order valence-corrected chi connectivity index (χ3v) is 7.32. The monoisotopic (exact) mass is 401 g/mol. The van der Waals surface area contributed by atoms with E-state index in [1.807, 2.05) is 31.2 Å². The van der Waals surface area contributed by atoms with Crippen LogP contribution in [-0.4, -0.2) is 57.2 Å². The van der Waals surface area contributed by atoms with Gasteiger partial charge in [0, 0.05) is 32.6 Å². The number of nitrogens with zero attached hydrogens (tertiary/aromatic N) is 5. The lowest BCUT2D eigenvalue weighted by Gasteiger charge is -2.37. The van der Waals surface area contributed by atoms with Crippen LogP contribution >= 0.6 is 11.3 Å². The number of amides is 1. The molecule has 0 unspecified atom stereocenters. The molecule has 0 bridgehead atoms. The minimum absolute atomic E-state index is 0.104. The van der Waals surface area contributed by atoms with Crippen LogP contribution in [-0.2, 0) is 18.4 Å². The summed E-state index contributed by atoms with van der Waals surface area (Å²) in [6, 6.07) is 0. The highest BCUT2D eigenvalue weighted by atomic mass is 32.1. The van der Waals surface area contributed by atoms with Crippen LogP contribution in [0.2, 0.25) is 0 Å². The predicted molar refractivity (Wildman–Crippen MR) is 109 cm³/mol. The van der Waals surface area contributed by atoms with Gasteiger partial charge in [-0.2, -0.15) is 5.10 Å². The van der Waals surface area contributed by atoms with Crippen molar-refractivity contribution in [2.45, 2.75) is 39.7 Å². The fraction of sp³-hybridized carbons (Fsp3) is 0.600. The van der Waals surface area contributed by atoms with Gasteiger partial charge in [0.15, 0.2) is 0 Å². The van der Waals surface area contributed by atoms with E-state index >= 15 is 0 Å². The fourth-order valence-electron chi connectivity index (χ4n) is 4.42. The molecule has 2 aromatic rings.